The van der Waals surface area contributed by atoms with Crippen LogP contribution in [-0.2, 0) is 0 Å². The summed E-state index contributed by atoms with van der Waals surface area (Å²) in [4.78, 5) is 24.5. The summed E-state index contributed by atoms with van der Waals surface area (Å²) in [6.07, 6.45) is 3.98. The van der Waals surface area contributed by atoms with Crippen LogP contribution in [-0.4, -0.2) is 29.6 Å². The molecule has 0 fully saturated rings. The van der Waals surface area contributed by atoms with Crippen molar-refractivity contribution in [3.63, 3.8) is 0 Å². The zero-order chi connectivity index (χ0) is 23.3. The lowest BCUT2D eigenvalue weighted by molar-refractivity contribution is 0.0694. The van der Waals surface area contributed by atoms with Crippen LogP contribution in [0.1, 0.15) is 75.7 Å². The van der Waals surface area contributed by atoms with Crippen LogP contribution in [0.3, 0.4) is 0 Å². The molecule has 2 aromatic carbocycles. The predicted molar refractivity (Wildman–Crippen MR) is 124 cm³/mol. The van der Waals surface area contributed by atoms with E-state index in [0.29, 0.717) is 34.6 Å². The third-order valence-corrected chi connectivity index (χ3v) is 4.92. The van der Waals surface area contributed by atoms with E-state index in [1.165, 1.54) is 6.08 Å². The van der Waals surface area contributed by atoms with Crippen LogP contribution >= 0.6 is 0 Å². The molecule has 0 saturated carbocycles. The third-order valence-electron chi connectivity index (χ3n) is 4.92. The summed E-state index contributed by atoms with van der Waals surface area (Å²) in [7, 11) is 0. The summed E-state index contributed by atoms with van der Waals surface area (Å²) in [6, 6.07) is 5.41. The van der Waals surface area contributed by atoms with Gasteiger partial charge in [-0.2, -0.15) is 0 Å². The van der Waals surface area contributed by atoms with Gasteiger partial charge in [0.1, 0.15) is 11.5 Å². The lowest BCUT2D eigenvalue weighted by Crippen LogP contribution is -2.12. The molecule has 1 N–H and O–H groups in total. The topological polar surface area (TPSA) is 72.8 Å². The first-order valence-electron chi connectivity index (χ1n) is 10.6. The predicted octanol–water partition coefficient (Wildman–Crippen LogP) is 6.09. The molecule has 0 radical (unpaired) electrons. The van der Waals surface area contributed by atoms with Gasteiger partial charge < -0.3 is 14.6 Å². The molecule has 5 nitrogen and oxygen atoms in total. The number of ketones is 1. The highest BCUT2D eigenvalue weighted by molar-refractivity contribution is 6.07. The Balaban J connectivity index is 2.43. The Kier molecular flexibility index (Phi) is 8.03. The Hall–Kier alpha value is -3.08. The molecule has 0 amide bonds. The maximum absolute atomic E-state index is 12.9. The summed E-state index contributed by atoms with van der Waals surface area (Å²) in [5.41, 5.74) is 4.51. The zero-order valence-corrected chi connectivity index (χ0v) is 19.5. The van der Waals surface area contributed by atoms with Crippen LogP contribution < -0.4 is 9.47 Å². The number of hydrogen-bond acceptors (Lipinski definition) is 4. The second kappa shape index (κ2) is 10.3. The monoisotopic (exact) mass is 424 g/mol. The molecular weight excluding hydrogens is 392 g/mol. The maximum atomic E-state index is 12.9. The quantitative estimate of drug-likeness (QED) is 0.389. The number of carbonyl (C=O) groups is 2. The second-order valence-electron chi connectivity index (χ2n) is 8.07. The van der Waals surface area contributed by atoms with Crippen molar-refractivity contribution >= 4 is 17.8 Å². The fourth-order valence-electron chi connectivity index (χ4n) is 3.63. The zero-order valence-electron chi connectivity index (χ0n) is 19.5. The van der Waals surface area contributed by atoms with Gasteiger partial charge in [0.15, 0.2) is 5.78 Å². The standard InChI is InChI=1S/C26H32O5/c1-8-11-30-24-17(5)13-21(14-18(24)6)22(27)10-9-20-12-16(4)23(26(28)29)19(7)25(20)31-15(2)3/h9-10,12-15H,8,11H2,1-7H3,(H,28,29). The average molecular weight is 425 g/mol. The first-order chi connectivity index (χ1) is 14.6. The van der Waals surface area contributed by atoms with E-state index in [0.717, 1.165) is 23.3 Å². The maximum Gasteiger partial charge on any atom is 0.336 e. The number of carbonyl (C=O) groups excluding carboxylic acids is 1. The van der Waals surface area contributed by atoms with Gasteiger partial charge in [-0.3, -0.25) is 4.79 Å². The lowest BCUT2D eigenvalue weighted by Gasteiger charge is -2.18. The molecule has 166 valence electrons. The van der Waals surface area contributed by atoms with E-state index in [-0.39, 0.29) is 17.5 Å². The van der Waals surface area contributed by atoms with Crippen LogP contribution in [0.5, 0.6) is 11.5 Å². The van der Waals surface area contributed by atoms with Crippen LogP contribution in [0.2, 0.25) is 0 Å². The highest BCUT2D eigenvalue weighted by Crippen LogP contribution is 2.32. The summed E-state index contributed by atoms with van der Waals surface area (Å²) >= 11 is 0. The van der Waals surface area contributed by atoms with Gasteiger partial charge >= 0.3 is 5.97 Å². The SMILES string of the molecule is CCCOc1c(C)cc(C(=O)C=Cc2cc(C)c(C(=O)O)c(C)c2OC(C)C)cc1C. The van der Waals surface area contributed by atoms with Crippen molar-refractivity contribution in [3.05, 3.63) is 63.2 Å². The Morgan fingerprint density at radius 1 is 1.00 bits per heavy atom. The van der Waals surface area contributed by atoms with E-state index in [2.05, 4.69) is 6.92 Å². The van der Waals surface area contributed by atoms with Crippen molar-refractivity contribution < 1.29 is 24.2 Å². The number of carboxylic acids is 1. The summed E-state index contributed by atoms with van der Waals surface area (Å²) in [5, 5.41) is 9.55. The molecule has 31 heavy (non-hydrogen) atoms. The van der Waals surface area contributed by atoms with Crippen LogP contribution in [0.15, 0.2) is 24.3 Å². The van der Waals surface area contributed by atoms with Gasteiger partial charge in [0, 0.05) is 16.7 Å². The molecular formula is C26H32O5. The smallest absolute Gasteiger partial charge is 0.336 e. The molecule has 0 aromatic heterocycles. The fraction of sp³-hybridized carbons (Fsp3) is 0.385. The number of aryl methyl sites for hydroxylation is 3. The minimum Gasteiger partial charge on any atom is -0.493 e. The molecule has 0 atom stereocenters. The van der Waals surface area contributed by atoms with E-state index in [1.807, 2.05) is 39.8 Å². The largest absolute Gasteiger partial charge is 0.493 e. The van der Waals surface area contributed by atoms with Gasteiger partial charge in [-0.25, -0.2) is 4.79 Å². The number of benzene rings is 2. The molecule has 0 aliphatic carbocycles. The van der Waals surface area contributed by atoms with Crippen molar-refractivity contribution in [2.24, 2.45) is 0 Å². The highest BCUT2D eigenvalue weighted by Gasteiger charge is 2.19. The van der Waals surface area contributed by atoms with Crippen molar-refractivity contribution in [2.75, 3.05) is 6.61 Å². The van der Waals surface area contributed by atoms with Crippen molar-refractivity contribution in [3.8, 4) is 11.5 Å². The first kappa shape index (κ1) is 24.2. The summed E-state index contributed by atoms with van der Waals surface area (Å²) in [5.74, 6) is 0.177. The minimum absolute atomic E-state index is 0.133. The molecule has 0 bridgehead atoms. The molecule has 0 saturated heterocycles. The van der Waals surface area contributed by atoms with Crippen molar-refractivity contribution in [2.45, 2.75) is 61.0 Å². The van der Waals surface area contributed by atoms with E-state index in [1.54, 1.807) is 26.0 Å². The van der Waals surface area contributed by atoms with Crippen LogP contribution in [0.4, 0.5) is 0 Å². The number of aromatic carboxylic acids is 1. The Morgan fingerprint density at radius 3 is 2.13 bits per heavy atom. The lowest BCUT2D eigenvalue weighted by atomic mass is 9.96. The van der Waals surface area contributed by atoms with Gasteiger partial charge in [-0.1, -0.05) is 6.92 Å². The van der Waals surface area contributed by atoms with Crippen molar-refractivity contribution in [1.29, 1.82) is 0 Å². The number of ether oxygens (including phenoxy) is 2. The summed E-state index contributed by atoms with van der Waals surface area (Å²) < 4.78 is 11.7. The average Bonchev–Trinajstić information content (AvgIpc) is 2.67. The molecule has 2 rings (SSSR count). The third kappa shape index (κ3) is 5.75. The Morgan fingerprint density at radius 2 is 1.61 bits per heavy atom. The van der Waals surface area contributed by atoms with Gasteiger partial charge in [-0.15, -0.1) is 0 Å². The van der Waals surface area contributed by atoms with Gasteiger partial charge in [0.2, 0.25) is 0 Å². The Bertz CT molecular complexity index is 992. The van der Waals surface area contributed by atoms with Crippen LogP contribution in [0, 0.1) is 27.7 Å². The normalized spacial score (nSPS) is 11.2. The Labute approximate surface area is 184 Å². The molecule has 5 heteroatoms. The number of allylic oxidation sites excluding steroid dienone is 1. The minimum atomic E-state index is -0.994. The number of carboxylic acid groups (broad SMARTS) is 1. The molecule has 0 unspecified atom stereocenters. The van der Waals surface area contributed by atoms with Gasteiger partial charge in [0.05, 0.1) is 18.3 Å². The summed E-state index contributed by atoms with van der Waals surface area (Å²) in [6.45, 7) is 13.8. The second-order valence-corrected chi connectivity index (χ2v) is 8.07. The fourth-order valence-corrected chi connectivity index (χ4v) is 3.63. The molecule has 0 aliphatic rings. The first-order valence-corrected chi connectivity index (χ1v) is 10.6. The van der Waals surface area contributed by atoms with E-state index >= 15 is 0 Å². The van der Waals surface area contributed by atoms with E-state index < -0.39 is 5.97 Å². The number of rotatable bonds is 9. The molecule has 0 aliphatic heterocycles. The number of hydrogen-bond donors (Lipinski definition) is 1. The van der Waals surface area contributed by atoms with Gasteiger partial charge in [-0.05, 0) is 95.0 Å². The van der Waals surface area contributed by atoms with Crippen molar-refractivity contribution in [1.82, 2.24) is 0 Å². The molecule has 0 spiro atoms. The molecule has 2 aromatic rings. The van der Waals surface area contributed by atoms with E-state index in [4.69, 9.17) is 9.47 Å². The molecule has 0 heterocycles. The highest BCUT2D eigenvalue weighted by atomic mass is 16.5. The van der Waals surface area contributed by atoms with E-state index in [9.17, 15) is 14.7 Å². The van der Waals surface area contributed by atoms with Gasteiger partial charge in [0.25, 0.3) is 0 Å². The van der Waals surface area contributed by atoms with Crippen LogP contribution in [0.25, 0.3) is 6.08 Å².